The molecular weight excluding hydrogens is 322 g/mol. The highest BCUT2D eigenvalue weighted by Crippen LogP contribution is 2.30. The number of hydrogen-bond donors (Lipinski definition) is 0. The van der Waals surface area contributed by atoms with Crippen LogP contribution in [-0.2, 0) is 0 Å². The van der Waals surface area contributed by atoms with Crippen molar-refractivity contribution in [2.75, 3.05) is 18.0 Å². The quantitative estimate of drug-likeness (QED) is 0.552. The average Bonchev–Trinajstić information content (AvgIpc) is 3.12. The molecule has 1 unspecified atom stereocenters. The van der Waals surface area contributed by atoms with Crippen LogP contribution in [0.3, 0.4) is 0 Å². The van der Waals surface area contributed by atoms with E-state index in [-0.39, 0.29) is 0 Å². The van der Waals surface area contributed by atoms with E-state index in [1.54, 1.807) is 0 Å². The molecule has 3 aromatic heterocycles. The van der Waals surface area contributed by atoms with Crippen LogP contribution in [-0.4, -0.2) is 32.7 Å². The summed E-state index contributed by atoms with van der Waals surface area (Å²) in [7, 11) is 0. The Morgan fingerprint density at radius 2 is 1.92 bits per heavy atom. The van der Waals surface area contributed by atoms with Gasteiger partial charge >= 0.3 is 0 Å². The van der Waals surface area contributed by atoms with Gasteiger partial charge in [0.1, 0.15) is 11.6 Å². The highest BCUT2D eigenvalue weighted by atomic mass is 15.3. The van der Waals surface area contributed by atoms with Gasteiger partial charge in [-0.1, -0.05) is 24.3 Å². The van der Waals surface area contributed by atoms with Gasteiger partial charge in [0.2, 0.25) is 0 Å². The second-order valence-corrected chi connectivity index (χ2v) is 7.09. The van der Waals surface area contributed by atoms with Crippen LogP contribution in [0.25, 0.3) is 16.6 Å². The molecule has 4 heterocycles. The Morgan fingerprint density at radius 1 is 1.04 bits per heavy atom. The molecule has 0 bridgehead atoms. The number of rotatable bonds is 2. The minimum Gasteiger partial charge on any atom is -0.356 e. The first-order valence-corrected chi connectivity index (χ1v) is 9.20. The van der Waals surface area contributed by atoms with E-state index < -0.39 is 0 Å². The third-order valence-corrected chi connectivity index (χ3v) is 5.36. The summed E-state index contributed by atoms with van der Waals surface area (Å²) < 4.78 is 2.12. The SMILES string of the molecule is Cc1cc(N2CCCC(c3nnc4ccccn34)C2)nc2ccccc12. The fourth-order valence-electron chi connectivity index (χ4n) is 4.03. The van der Waals surface area contributed by atoms with Gasteiger partial charge in [0.05, 0.1) is 5.52 Å². The first-order valence-electron chi connectivity index (χ1n) is 9.20. The zero-order chi connectivity index (χ0) is 17.5. The first-order chi connectivity index (χ1) is 12.8. The monoisotopic (exact) mass is 343 g/mol. The van der Waals surface area contributed by atoms with Gasteiger partial charge < -0.3 is 4.90 Å². The lowest BCUT2D eigenvalue weighted by molar-refractivity contribution is 0.486. The molecule has 130 valence electrons. The first kappa shape index (κ1) is 15.3. The van der Waals surface area contributed by atoms with E-state index >= 15 is 0 Å². The molecule has 1 aliphatic rings. The van der Waals surface area contributed by atoms with Gasteiger partial charge in [0, 0.05) is 30.6 Å². The van der Waals surface area contributed by atoms with Crippen LogP contribution in [0.1, 0.15) is 30.1 Å². The van der Waals surface area contributed by atoms with E-state index in [9.17, 15) is 0 Å². The van der Waals surface area contributed by atoms with Gasteiger partial charge in [-0.15, -0.1) is 10.2 Å². The lowest BCUT2D eigenvalue weighted by atomic mass is 9.97. The number of pyridine rings is 2. The van der Waals surface area contributed by atoms with Crippen molar-refractivity contribution in [1.29, 1.82) is 0 Å². The van der Waals surface area contributed by atoms with E-state index in [1.807, 2.05) is 18.2 Å². The fourth-order valence-corrected chi connectivity index (χ4v) is 4.03. The number of para-hydroxylation sites is 1. The molecule has 5 nitrogen and oxygen atoms in total. The zero-order valence-corrected chi connectivity index (χ0v) is 14.8. The van der Waals surface area contributed by atoms with Gasteiger partial charge in [-0.05, 0) is 49.6 Å². The topological polar surface area (TPSA) is 46.3 Å². The lowest BCUT2D eigenvalue weighted by Gasteiger charge is -2.33. The molecule has 5 heteroatoms. The highest BCUT2D eigenvalue weighted by molar-refractivity contribution is 5.83. The summed E-state index contributed by atoms with van der Waals surface area (Å²) in [6, 6.07) is 16.6. The van der Waals surface area contributed by atoms with Crippen molar-refractivity contribution in [2.24, 2.45) is 0 Å². The number of benzene rings is 1. The summed E-state index contributed by atoms with van der Waals surface area (Å²) in [4.78, 5) is 7.32. The molecule has 5 rings (SSSR count). The Morgan fingerprint density at radius 3 is 2.88 bits per heavy atom. The molecule has 1 aromatic carbocycles. The van der Waals surface area contributed by atoms with E-state index in [0.29, 0.717) is 5.92 Å². The summed E-state index contributed by atoms with van der Waals surface area (Å²) in [5, 5.41) is 10.0. The largest absolute Gasteiger partial charge is 0.356 e. The second-order valence-electron chi connectivity index (χ2n) is 7.09. The van der Waals surface area contributed by atoms with Crippen molar-refractivity contribution in [3.8, 4) is 0 Å². The standard InChI is InChI=1S/C21H21N5/c1-15-13-20(22-18-9-3-2-8-17(15)18)25-11-6-7-16(14-25)21-24-23-19-10-4-5-12-26(19)21/h2-5,8-10,12-13,16H,6-7,11,14H2,1H3. The molecule has 4 aromatic rings. The molecular formula is C21H21N5. The molecule has 0 spiro atoms. The zero-order valence-electron chi connectivity index (χ0n) is 14.8. The predicted molar refractivity (Wildman–Crippen MR) is 104 cm³/mol. The van der Waals surface area contributed by atoms with Crippen LogP contribution in [0.5, 0.6) is 0 Å². The molecule has 0 N–H and O–H groups in total. The van der Waals surface area contributed by atoms with Crippen molar-refractivity contribution >= 4 is 22.4 Å². The summed E-state index contributed by atoms with van der Waals surface area (Å²) >= 11 is 0. The van der Waals surface area contributed by atoms with Crippen molar-refractivity contribution in [3.63, 3.8) is 0 Å². The van der Waals surface area contributed by atoms with E-state index in [2.05, 4.69) is 63.0 Å². The summed E-state index contributed by atoms with van der Waals surface area (Å²) in [5.74, 6) is 2.50. The Bertz CT molecular complexity index is 1080. The van der Waals surface area contributed by atoms with E-state index in [0.717, 1.165) is 48.7 Å². The van der Waals surface area contributed by atoms with E-state index in [4.69, 9.17) is 4.98 Å². The minimum atomic E-state index is 0.370. The van der Waals surface area contributed by atoms with Gasteiger partial charge in [-0.3, -0.25) is 4.40 Å². The van der Waals surface area contributed by atoms with E-state index in [1.165, 1.54) is 10.9 Å². The molecule has 1 fully saturated rings. The molecule has 0 radical (unpaired) electrons. The minimum absolute atomic E-state index is 0.370. The Hall–Kier alpha value is -2.95. The average molecular weight is 343 g/mol. The summed E-state index contributed by atoms with van der Waals surface area (Å²) in [6.07, 6.45) is 4.33. The van der Waals surface area contributed by atoms with Crippen molar-refractivity contribution < 1.29 is 0 Å². The van der Waals surface area contributed by atoms with Gasteiger partial charge in [0.15, 0.2) is 5.65 Å². The number of anilines is 1. The number of piperidine rings is 1. The molecule has 1 saturated heterocycles. The van der Waals surface area contributed by atoms with Crippen LogP contribution >= 0.6 is 0 Å². The van der Waals surface area contributed by atoms with Crippen LogP contribution < -0.4 is 4.90 Å². The van der Waals surface area contributed by atoms with Crippen molar-refractivity contribution in [3.05, 3.63) is 66.1 Å². The molecule has 1 atom stereocenters. The number of nitrogens with zero attached hydrogens (tertiary/aromatic N) is 5. The van der Waals surface area contributed by atoms with Gasteiger partial charge in [0.25, 0.3) is 0 Å². The molecule has 0 amide bonds. The maximum atomic E-state index is 4.92. The lowest BCUT2D eigenvalue weighted by Crippen LogP contribution is -2.35. The third-order valence-electron chi connectivity index (χ3n) is 5.36. The number of fused-ring (bicyclic) bond motifs is 2. The number of aromatic nitrogens is 4. The predicted octanol–water partition coefficient (Wildman–Crippen LogP) is 3.97. The van der Waals surface area contributed by atoms with Gasteiger partial charge in [-0.2, -0.15) is 0 Å². The molecule has 26 heavy (non-hydrogen) atoms. The van der Waals surface area contributed by atoms with Crippen LogP contribution in [0, 0.1) is 6.92 Å². The van der Waals surface area contributed by atoms with Crippen LogP contribution in [0.4, 0.5) is 5.82 Å². The summed E-state index contributed by atoms with van der Waals surface area (Å²) in [5.41, 5.74) is 3.26. The Balaban J connectivity index is 1.49. The fraction of sp³-hybridized carbons (Fsp3) is 0.286. The van der Waals surface area contributed by atoms with Gasteiger partial charge in [-0.25, -0.2) is 4.98 Å². The number of aryl methyl sites for hydroxylation is 1. The smallest absolute Gasteiger partial charge is 0.160 e. The molecule has 0 saturated carbocycles. The summed E-state index contributed by atoms with van der Waals surface area (Å²) in [6.45, 7) is 4.14. The Labute approximate surface area is 152 Å². The van der Waals surface area contributed by atoms with Crippen molar-refractivity contribution in [1.82, 2.24) is 19.6 Å². The third kappa shape index (κ3) is 2.51. The van der Waals surface area contributed by atoms with Crippen LogP contribution in [0.15, 0.2) is 54.7 Å². The number of hydrogen-bond acceptors (Lipinski definition) is 4. The second kappa shape index (κ2) is 6.09. The molecule has 0 aliphatic carbocycles. The normalized spacial score (nSPS) is 17.9. The maximum Gasteiger partial charge on any atom is 0.160 e. The van der Waals surface area contributed by atoms with Crippen LogP contribution in [0.2, 0.25) is 0 Å². The highest BCUT2D eigenvalue weighted by Gasteiger charge is 2.26. The molecule has 1 aliphatic heterocycles. The maximum absolute atomic E-state index is 4.92. The van der Waals surface area contributed by atoms with Crippen molar-refractivity contribution in [2.45, 2.75) is 25.7 Å². The Kier molecular flexibility index (Phi) is 3.59.